The predicted octanol–water partition coefficient (Wildman–Crippen LogP) is 3.19. The zero-order valence-electron chi connectivity index (χ0n) is 12.1. The number of hydrogen-bond donors (Lipinski definition) is 1. The Kier molecular flexibility index (Phi) is 4.70. The summed E-state index contributed by atoms with van der Waals surface area (Å²) in [6.45, 7) is 5.83. The number of amides is 1. The van der Waals surface area contributed by atoms with Crippen molar-refractivity contribution in [1.82, 2.24) is 4.98 Å². The van der Waals surface area contributed by atoms with Gasteiger partial charge in [0, 0.05) is 10.9 Å². The summed E-state index contributed by atoms with van der Waals surface area (Å²) in [5.41, 5.74) is 2.71. The molecule has 0 radical (unpaired) electrons. The van der Waals surface area contributed by atoms with E-state index in [1.165, 1.54) is 11.3 Å². The van der Waals surface area contributed by atoms with Gasteiger partial charge in [-0.1, -0.05) is 17.7 Å². The molecule has 0 bridgehead atoms. The summed E-state index contributed by atoms with van der Waals surface area (Å²) in [5, 5.41) is 4.65. The van der Waals surface area contributed by atoms with E-state index in [2.05, 4.69) is 10.3 Å². The maximum atomic E-state index is 12.2. The van der Waals surface area contributed by atoms with E-state index in [-0.39, 0.29) is 11.6 Å². The largest absolute Gasteiger partial charge is 0.461 e. The summed E-state index contributed by atoms with van der Waals surface area (Å²) in [4.78, 5) is 27.8. The lowest BCUT2D eigenvalue weighted by Crippen LogP contribution is -2.14. The van der Waals surface area contributed by atoms with Crippen molar-refractivity contribution in [1.29, 1.82) is 0 Å². The van der Waals surface area contributed by atoms with Gasteiger partial charge in [0.05, 0.1) is 6.61 Å². The van der Waals surface area contributed by atoms with Gasteiger partial charge < -0.3 is 4.74 Å². The molecule has 110 valence electrons. The average molecular weight is 304 g/mol. The minimum atomic E-state index is -0.485. The first-order valence-corrected chi connectivity index (χ1v) is 7.40. The van der Waals surface area contributed by atoms with Gasteiger partial charge in [-0.2, -0.15) is 0 Å². The highest BCUT2D eigenvalue weighted by Crippen LogP contribution is 2.18. The zero-order valence-corrected chi connectivity index (χ0v) is 12.9. The normalized spacial score (nSPS) is 10.2. The Morgan fingerprint density at radius 1 is 1.33 bits per heavy atom. The highest BCUT2D eigenvalue weighted by molar-refractivity contribution is 7.14. The fourth-order valence-electron chi connectivity index (χ4n) is 1.77. The van der Waals surface area contributed by atoms with Gasteiger partial charge in [-0.05, 0) is 32.4 Å². The van der Waals surface area contributed by atoms with Crippen molar-refractivity contribution < 1.29 is 14.3 Å². The van der Waals surface area contributed by atoms with E-state index in [0.29, 0.717) is 17.3 Å². The summed E-state index contributed by atoms with van der Waals surface area (Å²) >= 11 is 1.19. The molecule has 0 fully saturated rings. The highest BCUT2D eigenvalue weighted by atomic mass is 32.1. The number of ether oxygens (including phenoxy) is 1. The molecule has 1 N–H and O–H groups in total. The van der Waals surface area contributed by atoms with Gasteiger partial charge in [0.15, 0.2) is 10.8 Å². The van der Waals surface area contributed by atoms with Crippen LogP contribution in [0.5, 0.6) is 0 Å². The third-order valence-electron chi connectivity index (χ3n) is 2.85. The summed E-state index contributed by atoms with van der Waals surface area (Å²) in [5.74, 6) is -0.720. The number of esters is 1. The van der Waals surface area contributed by atoms with Crippen LogP contribution in [0.2, 0.25) is 0 Å². The summed E-state index contributed by atoms with van der Waals surface area (Å²) in [7, 11) is 0. The summed E-state index contributed by atoms with van der Waals surface area (Å²) < 4.78 is 4.86. The van der Waals surface area contributed by atoms with Crippen molar-refractivity contribution in [3.05, 3.63) is 46.0 Å². The molecule has 1 aromatic heterocycles. The van der Waals surface area contributed by atoms with E-state index < -0.39 is 5.97 Å². The Morgan fingerprint density at radius 3 is 2.81 bits per heavy atom. The molecule has 0 unspecified atom stereocenters. The number of aryl methyl sites for hydroxylation is 2. The highest BCUT2D eigenvalue weighted by Gasteiger charge is 2.15. The summed E-state index contributed by atoms with van der Waals surface area (Å²) in [6, 6.07) is 5.68. The fourth-order valence-corrected chi connectivity index (χ4v) is 2.45. The van der Waals surface area contributed by atoms with Gasteiger partial charge in [0.1, 0.15) is 0 Å². The van der Waals surface area contributed by atoms with E-state index in [1.54, 1.807) is 12.3 Å². The Labute approximate surface area is 127 Å². The molecule has 5 nitrogen and oxygen atoms in total. The molecule has 1 heterocycles. The van der Waals surface area contributed by atoms with Crippen LogP contribution < -0.4 is 5.32 Å². The first-order valence-electron chi connectivity index (χ1n) is 6.52. The van der Waals surface area contributed by atoms with Gasteiger partial charge in [-0.3, -0.25) is 10.1 Å². The molecule has 0 aliphatic carbocycles. The molecule has 0 saturated heterocycles. The number of thiazole rings is 1. The monoisotopic (exact) mass is 304 g/mol. The number of hydrogen-bond acceptors (Lipinski definition) is 5. The topological polar surface area (TPSA) is 68.3 Å². The molecule has 0 atom stereocenters. The first-order chi connectivity index (χ1) is 10.0. The lowest BCUT2D eigenvalue weighted by molar-refractivity contribution is 0.0520. The standard InChI is InChI=1S/C15H16N2O3S/c1-4-20-14(19)12-8-21-15(16-12)17-13(18)11-7-9(2)5-6-10(11)3/h5-8H,4H2,1-3H3,(H,16,17,18). The fraction of sp³-hybridized carbons (Fsp3) is 0.267. The number of carbonyl (C=O) groups is 2. The van der Waals surface area contributed by atoms with Crippen LogP contribution in [0.25, 0.3) is 0 Å². The Morgan fingerprint density at radius 2 is 2.10 bits per heavy atom. The van der Waals surface area contributed by atoms with Gasteiger partial charge in [0.25, 0.3) is 5.91 Å². The Balaban J connectivity index is 2.13. The van der Waals surface area contributed by atoms with Crippen LogP contribution in [-0.2, 0) is 4.74 Å². The zero-order chi connectivity index (χ0) is 15.4. The number of nitrogens with one attached hydrogen (secondary N) is 1. The molecule has 0 spiro atoms. The van der Waals surface area contributed by atoms with Crippen LogP contribution in [-0.4, -0.2) is 23.5 Å². The predicted molar refractivity (Wildman–Crippen MR) is 81.9 cm³/mol. The second kappa shape index (κ2) is 6.49. The third kappa shape index (κ3) is 3.66. The number of aromatic nitrogens is 1. The van der Waals surface area contributed by atoms with E-state index >= 15 is 0 Å². The first kappa shape index (κ1) is 15.2. The Bertz CT molecular complexity index is 679. The van der Waals surface area contributed by atoms with E-state index in [0.717, 1.165) is 11.1 Å². The van der Waals surface area contributed by atoms with Crippen LogP contribution in [0, 0.1) is 13.8 Å². The van der Waals surface area contributed by atoms with Crippen molar-refractivity contribution in [2.45, 2.75) is 20.8 Å². The number of anilines is 1. The quantitative estimate of drug-likeness (QED) is 0.881. The molecule has 2 aromatic rings. The van der Waals surface area contributed by atoms with Crippen molar-refractivity contribution in [3.63, 3.8) is 0 Å². The van der Waals surface area contributed by atoms with Crippen LogP contribution in [0.3, 0.4) is 0 Å². The van der Waals surface area contributed by atoms with Crippen molar-refractivity contribution >= 4 is 28.3 Å². The lowest BCUT2D eigenvalue weighted by Gasteiger charge is -2.06. The van der Waals surface area contributed by atoms with Gasteiger partial charge in [-0.15, -0.1) is 11.3 Å². The number of nitrogens with zero attached hydrogens (tertiary/aromatic N) is 1. The number of carbonyl (C=O) groups excluding carboxylic acids is 2. The van der Waals surface area contributed by atoms with E-state index in [1.807, 2.05) is 32.0 Å². The van der Waals surface area contributed by atoms with Gasteiger partial charge in [0.2, 0.25) is 0 Å². The van der Waals surface area contributed by atoms with Crippen LogP contribution in [0.15, 0.2) is 23.6 Å². The Hall–Kier alpha value is -2.21. The minimum Gasteiger partial charge on any atom is -0.461 e. The van der Waals surface area contributed by atoms with Gasteiger partial charge in [-0.25, -0.2) is 9.78 Å². The van der Waals surface area contributed by atoms with E-state index in [9.17, 15) is 9.59 Å². The van der Waals surface area contributed by atoms with Crippen molar-refractivity contribution in [3.8, 4) is 0 Å². The molecule has 0 aliphatic heterocycles. The maximum absolute atomic E-state index is 12.2. The smallest absolute Gasteiger partial charge is 0.357 e. The molecule has 21 heavy (non-hydrogen) atoms. The summed E-state index contributed by atoms with van der Waals surface area (Å²) in [6.07, 6.45) is 0. The number of rotatable bonds is 4. The maximum Gasteiger partial charge on any atom is 0.357 e. The van der Waals surface area contributed by atoms with Crippen molar-refractivity contribution in [2.24, 2.45) is 0 Å². The molecule has 6 heteroatoms. The minimum absolute atomic E-state index is 0.207. The SMILES string of the molecule is CCOC(=O)c1csc(NC(=O)c2cc(C)ccc2C)n1. The van der Waals surface area contributed by atoms with Gasteiger partial charge >= 0.3 is 5.97 Å². The lowest BCUT2D eigenvalue weighted by atomic mass is 10.1. The second-order valence-corrected chi connectivity index (χ2v) is 5.39. The molecular formula is C15H16N2O3S. The van der Waals surface area contributed by atoms with Crippen LogP contribution in [0.1, 0.15) is 38.9 Å². The molecular weight excluding hydrogens is 288 g/mol. The third-order valence-corrected chi connectivity index (χ3v) is 3.60. The molecule has 1 aromatic carbocycles. The second-order valence-electron chi connectivity index (χ2n) is 4.53. The van der Waals surface area contributed by atoms with Crippen LogP contribution >= 0.6 is 11.3 Å². The molecule has 1 amide bonds. The average Bonchev–Trinajstić information content (AvgIpc) is 2.90. The molecule has 0 saturated carbocycles. The van der Waals surface area contributed by atoms with Crippen molar-refractivity contribution in [2.75, 3.05) is 11.9 Å². The molecule has 0 aliphatic rings. The molecule has 2 rings (SSSR count). The number of benzene rings is 1. The van der Waals surface area contributed by atoms with E-state index in [4.69, 9.17) is 4.74 Å². The van der Waals surface area contributed by atoms with Crippen LogP contribution in [0.4, 0.5) is 5.13 Å².